The first kappa shape index (κ1) is 24.0. The minimum atomic E-state index is -3.42. The van der Waals surface area contributed by atoms with Crippen LogP contribution in [0.25, 0.3) is 0 Å². The average molecular weight is 453 g/mol. The molecule has 0 heterocycles. The summed E-state index contributed by atoms with van der Waals surface area (Å²) in [4.78, 5) is 12.8. The molecule has 0 saturated heterocycles. The van der Waals surface area contributed by atoms with Crippen molar-refractivity contribution in [3.05, 3.63) is 57.6 Å². The standard InChI is InChI=1S/C22H29ClN2O4S/c1-13(2)18-12-19(14(3)10-21(18)29-6)15(4)24-22(26)17-9-8-16(11-20(17)23)25(5)30(7,27)28/h8-13,15H,1-7H3,(H,24,26)/t15-/m1/s1. The average Bonchev–Trinajstić information content (AvgIpc) is 2.65. The van der Waals surface area contributed by atoms with Gasteiger partial charge in [-0.2, -0.15) is 0 Å². The number of benzene rings is 2. The summed E-state index contributed by atoms with van der Waals surface area (Å²) in [5, 5.41) is 3.16. The van der Waals surface area contributed by atoms with Gasteiger partial charge in [0, 0.05) is 7.05 Å². The molecule has 2 aromatic rings. The van der Waals surface area contributed by atoms with Gasteiger partial charge in [0.1, 0.15) is 5.75 Å². The zero-order chi connectivity index (χ0) is 22.8. The second-order valence-corrected chi connectivity index (χ2v) is 10.1. The van der Waals surface area contributed by atoms with Gasteiger partial charge in [0.05, 0.1) is 35.7 Å². The van der Waals surface area contributed by atoms with Gasteiger partial charge < -0.3 is 10.1 Å². The van der Waals surface area contributed by atoms with Crippen molar-refractivity contribution in [2.24, 2.45) is 0 Å². The molecule has 1 atom stereocenters. The lowest BCUT2D eigenvalue weighted by atomic mass is 9.93. The van der Waals surface area contributed by atoms with Crippen molar-refractivity contribution in [1.82, 2.24) is 5.32 Å². The maximum atomic E-state index is 12.8. The molecule has 0 aliphatic rings. The Labute approximate surface area is 184 Å². The van der Waals surface area contributed by atoms with Crippen molar-refractivity contribution in [3.63, 3.8) is 0 Å². The fourth-order valence-electron chi connectivity index (χ4n) is 3.24. The second-order valence-electron chi connectivity index (χ2n) is 7.70. The molecule has 6 nitrogen and oxygen atoms in total. The molecule has 0 fully saturated rings. The van der Waals surface area contributed by atoms with Gasteiger partial charge >= 0.3 is 0 Å². The molecule has 2 rings (SSSR count). The van der Waals surface area contributed by atoms with Crippen molar-refractivity contribution in [3.8, 4) is 5.75 Å². The van der Waals surface area contributed by atoms with Crippen LogP contribution >= 0.6 is 11.6 Å². The lowest BCUT2D eigenvalue weighted by Gasteiger charge is -2.22. The number of hydrogen-bond acceptors (Lipinski definition) is 4. The van der Waals surface area contributed by atoms with E-state index in [1.54, 1.807) is 13.2 Å². The topological polar surface area (TPSA) is 75.7 Å². The number of hydrogen-bond donors (Lipinski definition) is 1. The van der Waals surface area contributed by atoms with E-state index in [1.807, 2.05) is 19.9 Å². The Morgan fingerprint density at radius 2 is 1.77 bits per heavy atom. The zero-order valence-corrected chi connectivity index (χ0v) is 20.0. The zero-order valence-electron chi connectivity index (χ0n) is 18.4. The molecule has 0 radical (unpaired) electrons. The molecule has 0 bridgehead atoms. The van der Waals surface area contributed by atoms with Crippen LogP contribution < -0.4 is 14.4 Å². The van der Waals surface area contributed by atoms with Crippen LogP contribution in [0.3, 0.4) is 0 Å². The SMILES string of the molecule is COc1cc(C)c([C@@H](C)NC(=O)c2ccc(N(C)S(C)(=O)=O)cc2Cl)cc1C(C)C. The predicted octanol–water partition coefficient (Wildman–Crippen LogP) is 4.67. The van der Waals surface area contributed by atoms with Crippen LogP contribution in [0.5, 0.6) is 5.75 Å². The molecule has 0 spiro atoms. The van der Waals surface area contributed by atoms with Crippen molar-refractivity contribution < 1.29 is 17.9 Å². The fourth-order valence-corrected chi connectivity index (χ4v) is 4.00. The lowest BCUT2D eigenvalue weighted by Crippen LogP contribution is -2.28. The molecular weight excluding hydrogens is 424 g/mol. The largest absolute Gasteiger partial charge is 0.496 e. The van der Waals surface area contributed by atoms with E-state index in [0.717, 1.165) is 33.0 Å². The van der Waals surface area contributed by atoms with Gasteiger partial charge in [-0.3, -0.25) is 9.10 Å². The first-order valence-electron chi connectivity index (χ1n) is 9.59. The number of amides is 1. The van der Waals surface area contributed by atoms with Crippen molar-refractivity contribution >= 4 is 33.2 Å². The number of nitrogens with one attached hydrogen (secondary N) is 1. The van der Waals surface area contributed by atoms with Crippen molar-refractivity contribution in [2.45, 2.75) is 39.7 Å². The van der Waals surface area contributed by atoms with E-state index in [4.69, 9.17) is 16.3 Å². The van der Waals surface area contributed by atoms with E-state index in [-0.39, 0.29) is 28.5 Å². The molecule has 164 valence electrons. The van der Waals surface area contributed by atoms with Crippen LogP contribution in [0, 0.1) is 6.92 Å². The van der Waals surface area contributed by atoms with E-state index in [1.165, 1.54) is 19.2 Å². The third kappa shape index (κ3) is 5.26. The Balaban J connectivity index is 2.29. The summed E-state index contributed by atoms with van der Waals surface area (Å²) in [6.45, 7) is 8.08. The molecule has 8 heteroatoms. The number of methoxy groups -OCH3 is 1. The van der Waals surface area contributed by atoms with Crippen LogP contribution in [0.15, 0.2) is 30.3 Å². The molecule has 0 aromatic heterocycles. The number of halogens is 1. The molecule has 1 N–H and O–H groups in total. The third-order valence-corrected chi connectivity index (χ3v) is 6.63. The van der Waals surface area contributed by atoms with Gasteiger partial charge in [0.15, 0.2) is 0 Å². The maximum absolute atomic E-state index is 12.8. The van der Waals surface area contributed by atoms with Crippen LogP contribution in [0.4, 0.5) is 5.69 Å². The highest BCUT2D eigenvalue weighted by Crippen LogP contribution is 2.32. The Morgan fingerprint density at radius 1 is 1.13 bits per heavy atom. The van der Waals surface area contributed by atoms with Crippen LogP contribution in [-0.4, -0.2) is 34.7 Å². The summed E-state index contributed by atoms with van der Waals surface area (Å²) in [5.74, 6) is 0.775. The lowest BCUT2D eigenvalue weighted by molar-refractivity contribution is 0.0940. The molecule has 0 aliphatic carbocycles. The summed E-state index contributed by atoms with van der Waals surface area (Å²) >= 11 is 6.29. The van der Waals surface area contributed by atoms with Gasteiger partial charge in [-0.25, -0.2) is 8.42 Å². The smallest absolute Gasteiger partial charge is 0.253 e. The maximum Gasteiger partial charge on any atom is 0.253 e. The number of nitrogens with zero attached hydrogens (tertiary/aromatic N) is 1. The Bertz CT molecular complexity index is 1050. The molecule has 0 saturated carbocycles. The van der Waals surface area contributed by atoms with Crippen LogP contribution in [0.2, 0.25) is 5.02 Å². The summed E-state index contributed by atoms with van der Waals surface area (Å²) in [5.41, 5.74) is 3.76. The first-order valence-corrected chi connectivity index (χ1v) is 11.8. The summed E-state index contributed by atoms with van der Waals surface area (Å²) in [7, 11) is -0.335. The Hall–Kier alpha value is -2.25. The predicted molar refractivity (Wildman–Crippen MR) is 122 cm³/mol. The Kier molecular flexibility index (Phi) is 7.42. The minimum Gasteiger partial charge on any atom is -0.496 e. The quantitative estimate of drug-likeness (QED) is 0.662. The second kappa shape index (κ2) is 9.27. The number of carbonyl (C=O) groups excluding carboxylic acids is 1. The summed E-state index contributed by atoms with van der Waals surface area (Å²) in [6, 6.07) is 8.35. The van der Waals surface area contributed by atoms with Crippen LogP contribution in [-0.2, 0) is 10.0 Å². The molecular formula is C22H29ClN2O4S. The first-order chi connectivity index (χ1) is 13.9. The van der Waals surface area contributed by atoms with Crippen LogP contribution in [0.1, 0.15) is 59.8 Å². The number of carbonyl (C=O) groups is 1. The summed E-state index contributed by atoms with van der Waals surface area (Å²) in [6.07, 6.45) is 1.10. The number of ether oxygens (including phenoxy) is 1. The van der Waals surface area contributed by atoms with E-state index in [0.29, 0.717) is 5.69 Å². The van der Waals surface area contributed by atoms with Crippen molar-refractivity contribution in [1.29, 1.82) is 0 Å². The third-order valence-electron chi connectivity index (χ3n) is 5.11. The highest BCUT2D eigenvalue weighted by molar-refractivity contribution is 7.92. The molecule has 30 heavy (non-hydrogen) atoms. The van der Waals surface area contributed by atoms with Gasteiger partial charge in [0.25, 0.3) is 5.91 Å². The highest BCUT2D eigenvalue weighted by atomic mass is 35.5. The monoisotopic (exact) mass is 452 g/mol. The highest BCUT2D eigenvalue weighted by Gasteiger charge is 2.20. The molecule has 2 aromatic carbocycles. The van der Waals surface area contributed by atoms with Gasteiger partial charge in [-0.05, 0) is 66.8 Å². The van der Waals surface area contributed by atoms with E-state index < -0.39 is 10.0 Å². The normalized spacial score (nSPS) is 12.6. The number of anilines is 1. The van der Waals surface area contributed by atoms with Gasteiger partial charge in [-0.15, -0.1) is 0 Å². The fraction of sp³-hybridized carbons (Fsp3) is 0.409. The summed E-state index contributed by atoms with van der Waals surface area (Å²) < 4.78 is 30.0. The molecule has 1 amide bonds. The Morgan fingerprint density at radius 3 is 2.27 bits per heavy atom. The van der Waals surface area contributed by atoms with Crippen molar-refractivity contribution in [2.75, 3.05) is 24.7 Å². The van der Waals surface area contributed by atoms with E-state index in [9.17, 15) is 13.2 Å². The molecule has 0 unspecified atom stereocenters. The number of rotatable bonds is 7. The number of sulfonamides is 1. The minimum absolute atomic E-state index is 0.182. The van der Waals surface area contributed by atoms with Gasteiger partial charge in [0.2, 0.25) is 10.0 Å². The number of aryl methyl sites for hydroxylation is 1. The van der Waals surface area contributed by atoms with E-state index >= 15 is 0 Å². The van der Waals surface area contributed by atoms with E-state index in [2.05, 4.69) is 25.2 Å². The van der Waals surface area contributed by atoms with Gasteiger partial charge in [-0.1, -0.05) is 25.4 Å². The molecule has 0 aliphatic heterocycles.